The molecule has 0 aromatic carbocycles. The van der Waals surface area contributed by atoms with Gasteiger partial charge in [-0.3, -0.25) is 0 Å². The minimum Gasteiger partial charge on any atom is -0.395 e. The third-order valence-corrected chi connectivity index (χ3v) is 1.37. The minimum absolute atomic E-state index is 0.125. The minimum atomic E-state index is -0.374. The van der Waals surface area contributed by atoms with E-state index in [1.54, 1.807) is 0 Å². The molecule has 0 aliphatic heterocycles. The van der Waals surface area contributed by atoms with Crippen LogP contribution in [0.25, 0.3) is 0 Å². The molecule has 0 bridgehead atoms. The highest BCUT2D eigenvalue weighted by molar-refractivity contribution is 4.76. The van der Waals surface area contributed by atoms with E-state index in [0.29, 0.717) is 13.1 Å². The maximum Gasteiger partial charge on any atom is 0.0696 e. The van der Waals surface area contributed by atoms with Gasteiger partial charge in [0, 0.05) is 13.1 Å². The van der Waals surface area contributed by atoms with Gasteiger partial charge in [-0.05, 0) is 12.8 Å². The number of aliphatic hydroxyl groups is 2. The Morgan fingerprint density at radius 3 is 2.82 bits per heavy atom. The van der Waals surface area contributed by atoms with Crippen LogP contribution in [0.5, 0.6) is 0 Å². The number of hydrogen-bond donors (Lipinski definition) is 3. The largest absolute Gasteiger partial charge is 0.395 e. The van der Waals surface area contributed by atoms with Gasteiger partial charge >= 0.3 is 0 Å². The molecule has 0 aliphatic rings. The summed E-state index contributed by atoms with van der Waals surface area (Å²) in [5.74, 6) is 0. The van der Waals surface area contributed by atoms with Crippen molar-refractivity contribution >= 4 is 0 Å². The maximum atomic E-state index is 9.21. The zero-order chi connectivity index (χ0) is 8.53. The zero-order valence-electron chi connectivity index (χ0n) is 7.08. The van der Waals surface area contributed by atoms with Crippen LogP contribution < -0.4 is 5.32 Å². The third-order valence-electron chi connectivity index (χ3n) is 1.37. The first-order chi connectivity index (χ1) is 5.31. The Morgan fingerprint density at radius 1 is 1.55 bits per heavy atom. The maximum absolute atomic E-state index is 9.21. The summed E-state index contributed by atoms with van der Waals surface area (Å²) < 4.78 is 0. The van der Waals surface area contributed by atoms with Gasteiger partial charge in [0.05, 0.1) is 12.7 Å². The van der Waals surface area contributed by atoms with Crippen molar-refractivity contribution in [1.29, 1.82) is 0 Å². The molecule has 0 amide bonds. The lowest BCUT2D eigenvalue weighted by Crippen LogP contribution is -2.29. The monoisotopic (exact) mass is 160 g/mol. The van der Waals surface area contributed by atoms with Crippen molar-refractivity contribution in [3.8, 4) is 0 Å². The summed E-state index contributed by atoms with van der Waals surface area (Å²) in [5.41, 5.74) is 0. The van der Waals surface area contributed by atoms with E-state index in [2.05, 4.69) is 12.2 Å². The summed E-state index contributed by atoms with van der Waals surface area (Å²) in [6, 6.07) is 0. The van der Waals surface area contributed by atoms with Gasteiger partial charge in [-0.15, -0.1) is 0 Å². The lowest BCUT2D eigenvalue weighted by Gasteiger charge is -2.09. The second kappa shape index (κ2) is 7.98. The topological polar surface area (TPSA) is 52.5 Å². The lowest BCUT2D eigenvalue weighted by atomic mass is 10.1. The molecule has 3 nitrogen and oxygen atoms in total. The lowest BCUT2D eigenvalue weighted by molar-refractivity contribution is 0.193. The second-order valence-corrected chi connectivity index (χ2v) is 2.52. The number of aliphatic hydroxyl groups excluding tert-OH is 2. The fraction of sp³-hybridized carbons (Fsp3) is 0.875. The van der Waals surface area contributed by atoms with Crippen LogP contribution in [0, 0.1) is 6.42 Å². The Bertz CT molecular complexity index is 78.5. The molecule has 0 rings (SSSR count). The first-order valence-corrected chi connectivity index (χ1v) is 4.14. The molecule has 1 unspecified atom stereocenters. The molecule has 0 aromatic rings. The molecule has 11 heavy (non-hydrogen) atoms. The molecule has 3 N–H and O–H groups in total. The first-order valence-electron chi connectivity index (χ1n) is 4.14. The van der Waals surface area contributed by atoms with Crippen LogP contribution in [-0.2, 0) is 0 Å². The highest BCUT2D eigenvalue weighted by Crippen LogP contribution is 1.96. The van der Waals surface area contributed by atoms with E-state index in [-0.39, 0.29) is 12.7 Å². The first kappa shape index (κ1) is 10.9. The van der Waals surface area contributed by atoms with Gasteiger partial charge in [0.2, 0.25) is 0 Å². The third kappa shape index (κ3) is 7.78. The van der Waals surface area contributed by atoms with E-state index >= 15 is 0 Å². The number of rotatable bonds is 7. The SMILES string of the molecule is CCC[CH]C(O)CNCCO. The summed E-state index contributed by atoms with van der Waals surface area (Å²) in [6.07, 6.45) is 3.52. The number of unbranched alkanes of at least 4 members (excludes halogenated alkanes) is 1. The van der Waals surface area contributed by atoms with Crippen molar-refractivity contribution in [1.82, 2.24) is 5.32 Å². The summed E-state index contributed by atoms with van der Waals surface area (Å²) in [6.45, 7) is 3.29. The van der Waals surface area contributed by atoms with Gasteiger partial charge in [0.15, 0.2) is 0 Å². The normalized spacial score (nSPS) is 13.4. The van der Waals surface area contributed by atoms with Crippen molar-refractivity contribution in [2.45, 2.75) is 25.9 Å². The van der Waals surface area contributed by atoms with E-state index in [4.69, 9.17) is 5.11 Å². The van der Waals surface area contributed by atoms with Crippen LogP contribution in [0.2, 0.25) is 0 Å². The second-order valence-electron chi connectivity index (χ2n) is 2.52. The van der Waals surface area contributed by atoms with Crippen molar-refractivity contribution < 1.29 is 10.2 Å². The van der Waals surface area contributed by atoms with Crippen LogP contribution in [0.1, 0.15) is 19.8 Å². The molecule has 0 spiro atoms. The fourth-order valence-corrected chi connectivity index (χ4v) is 0.771. The van der Waals surface area contributed by atoms with Crippen molar-refractivity contribution in [2.24, 2.45) is 0 Å². The predicted molar refractivity (Wildman–Crippen MR) is 45.2 cm³/mol. The summed E-state index contributed by atoms with van der Waals surface area (Å²) in [5, 5.41) is 20.5. The quantitative estimate of drug-likeness (QED) is 0.457. The standard InChI is InChI=1S/C8H18NO2/c1-2-3-4-8(11)7-9-5-6-10/h4,8-11H,2-3,5-7H2,1H3. The molecule has 3 heteroatoms. The highest BCUT2D eigenvalue weighted by atomic mass is 16.3. The molecule has 0 aromatic heterocycles. The van der Waals surface area contributed by atoms with Crippen LogP contribution in [0.4, 0.5) is 0 Å². The molecule has 0 heterocycles. The van der Waals surface area contributed by atoms with Crippen LogP contribution in [0.15, 0.2) is 0 Å². The average molecular weight is 160 g/mol. The predicted octanol–water partition coefficient (Wildman–Crippen LogP) is -0.0664. The van der Waals surface area contributed by atoms with Gasteiger partial charge in [-0.1, -0.05) is 13.3 Å². The molecular formula is C8H18NO2. The molecule has 67 valence electrons. The Hall–Kier alpha value is -0.120. The van der Waals surface area contributed by atoms with E-state index in [0.717, 1.165) is 12.8 Å². The highest BCUT2D eigenvalue weighted by Gasteiger charge is 2.01. The Kier molecular flexibility index (Phi) is 7.89. The Labute approximate surface area is 68.4 Å². The molecule has 0 saturated heterocycles. The van der Waals surface area contributed by atoms with Gasteiger partial charge in [-0.25, -0.2) is 0 Å². The molecule has 1 radical (unpaired) electrons. The van der Waals surface area contributed by atoms with Gasteiger partial charge in [0.1, 0.15) is 0 Å². The average Bonchev–Trinajstić information content (AvgIpc) is 2.01. The fourth-order valence-electron chi connectivity index (χ4n) is 0.771. The zero-order valence-corrected chi connectivity index (χ0v) is 7.08. The Balaban J connectivity index is 3.02. The molecule has 0 aliphatic carbocycles. The Morgan fingerprint density at radius 2 is 2.27 bits per heavy atom. The van der Waals surface area contributed by atoms with E-state index in [9.17, 15) is 5.11 Å². The smallest absolute Gasteiger partial charge is 0.0696 e. The van der Waals surface area contributed by atoms with E-state index in [1.165, 1.54) is 0 Å². The molecule has 0 fully saturated rings. The van der Waals surface area contributed by atoms with E-state index in [1.807, 2.05) is 6.42 Å². The van der Waals surface area contributed by atoms with E-state index < -0.39 is 0 Å². The van der Waals surface area contributed by atoms with Gasteiger partial charge in [-0.2, -0.15) is 0 Å². The van der Waals surface area contributed by atoms with Crippen LogP contribution in [0.3, 0.4) is 0 Å². The van der Waals surface area contributed by atoms with Gasteiger partial charge in [0.25, 0.3) is 0 Å². The van der Waals surface area contributed by atoms with Crippen LogP contribution >= 0.6 is 0 Å². The number of nitrogens with one attached hydrogen (secondary N) is 1. The molecule has 1 atom stereocenters. The van der Waals surface area contributed by atoms with Crippen LogP contribution in [-0.4, -0.2) is 36.0 Å². The molecular weight excluding hydrogens is 142 g/mol. The number of hydrogen-bond acceptors (Lipinski definition) is 3. The van der Waals surface area contributed by atoms with Crippen molar-refractivity contribution in [3.05, 3.63) is 6.42 Å². The van der Waals surface area contributed by atoms with Crippen molar-refractivity contribution in [2.75, 3.05) is 19.7 Å². The summed E-state index contributed by atoms with van der Waals surface area (Å²) >= 11 is 0. The summed E-state index contributed by atoms with van der Waals surface area (Å²) in [7, 11) is 0. The van der Waals surface area contributed by atoms with Crippen molar-refractivity contribution in [3.63, 3.8) is 0 Å². The molecule has 0 saturated carbocycles. The van der Waals surface area contributed by atoms with Gasteiger partial charge < -0.3 is 15.5 Å². The summed E-state index contributed by atoms with van der Waals surface area (Å²) in [4.78, 5) is 0.